The Balaban J connectivity index is 0.00000338. The van der Waals surface area contributed by atoms with Crippen LogP contribution in [0.5, 0.6) is 11.5 Å². The molecule has 1 aliphatic heterocycles. The highest BCUT2D eigenvalue weighted by Crippen LogP contribution is 2.32. The molecule has 1 aromatic rings. The third-order valence-electron chi connectivity index (χ3n) is 4.57. The van der Waals surface area contributed by atoms with E-state index in [1.165, 1.54) is 0 Å². The van der Waals surface area contributed by atoms with Gasteiger partial charge < -0.3 is 24.6 Å². The van der Waals surface area contributed by atoms with Crippen LogP contribution in [0.15, 0.2) is 18.2 Å². The lowest BCUT2D eigenvalue weighted by atomic mass is 10.1. The highest BCUT2D eigenvalue weighted by Gasteiger charge is 2.38. The van der Waals surface area contributed by atoms with Gasteiger partial charge in [-0.1, -0.05) is 6.92 Å². The Bertz CT molecular complexity index is 619. The maximum absolute atomic E-state index is 12.9. The quantitative estimate of drug-likeness (QED) is 0.771. The minimum absolute atomic E-state index is 0. The van der Waals surface area contributed by atoms with Crippen molar-refractivity contribution in [3.05, 3.63) is 18.2 Å². The van der Waals surface area contributed by atoms with E-state index in [1.807, 2.05) is 14.0 Å². The number of halogens is 1. The van der Waals surface area contributed by atoms with Crippen molar-refractivity contribution in [1.29, 1.82) is 0 Å². The molecule has 0 saturated carbocycles. The second kappa shape index (κ2) is 9.64. The van der Waals surface area contributed by atoms with Gasteiger partial charge in [-0.2, -0.15) is 0 Å². The topological polar surface area (TPSA) is 71.1 Å². The van der Waals surface area contributed by atoms with Crippen LogP contribution < -0.4 is 19.7 Å². The molecule has 1 aromatic carbocycles. The summed E-state index contributed by atoms with van der Waals surface area (Å²) in [6.07, 6.45) is 0.604. The zero-order chi connectivity index (χ0) is 18.6. The van der Waals surface area contributed by atoms with E-state index in [4.69, 9.17) is 9.47 Å². The van der Waals surface area contributed by atoms with Crippen molar-refractivity contribution in [1.82, 2.24) is 10.2 Å². The number of likely N-dealkylation sites (N-methyl/N-ethyl adjacent to an activating group) is 1. The van der Waals surface area contributed by atoms with E-state index in [-0.39, 0.29) is 30.1 Å². The third-order valence-corrected chi connectivity index (χ3v) is 4.57. The van der Waals surface area contributed by atoms with Crippen molar-refractivity contribution in [2.75, 3.05) is 46.3 Å². The summed E-state index contributed by atoms with van der Waals surface area (Å²) in [4.78, 5) is 28.6. The van der Waals surface area contributed by atoms with Crippen molar-refractivity contribution >= 4 is 29.9 Å². The number of carbonyl (C=O) groups excluding carboxylic acids is 2. The number of nitrogens with one attached hydrogen (secondary N) is 1. The van der Waals surface area contributed by atoms with Crippen molar-refractivity contribution in [2.45, 2.75) is 19.4 Å². The van der Waals surface area contributed by atoms with E-state index in [0.717, 1.165) is 0 Å². The minimum atomic E-state index is -0.441. The molecule has 2 unspecified atom stereocenters. The fourth-order valence-electron chi connectivity index (χ4n) is 3.12. The van der Waals surface area contributed by atoms with Crippen molar-refractivity contribution in [2.24, 2.45) is 5.92 Å². The predicted octanol–water partition coefficient (Wildman–Crippen LogP) is 1.54. The second-order valence-electron chi connectivity index (χ2n) is 6.27. The first-order valence-corrected chi connectivity index (χ1v) is 8.38. The molecule has 26 heavy (non-hydrogen) atoms. The number of benzene rings is 1. The summed E-state index contributed by atoms with van der Waals surface area (Å²) in [7, 11) is 6.65. The number of nitrogens with zero attached hydrogens (tertiary/aromatic N) is 2. The SMILES string of the molecule is CNCC(C)C(=O)N(C)C1CCN(c2cc(OC)cc(OC)c2)C1=O.Cl. The Morgan fingerprint density at radius 3 is 2.38 bits per heavy atom. The van der Waals surface area contributed by atoms with Gasteiger partial charge in [0.25, 0.3) is 0 Å². The molecule has 2 amide bonds. The Kier molecular flexibility index (Phi) is 8.17. The molecule has 1 fully saturated rings. The van der Waals surface area contributed by atoms with Gasteiger partial charge in [0.15, 0.2) is 0 Å². The van der Waals surface area contributed by atoms with Crippen LogP contribution in [0.2, 0.25) is 0 Å². The fraction of sp³-hybridized carbons (Fsp3) is 0.556. The van der Waals surface area contributed by atoms with E-state index in [9.17, 15) is 9.59 Å². The zero-order valence-corrected chi connectivity index (χ0v) is 16.8. The van der Waals surface area contributed by atoms with Crippen LogP contribution in [-0.4, -0.2) is 64.2 Å². The second-order valence-corrected chi connectivity index (χ2v) is 6.27. The van der Waals surface area contributed by atoms with Crippen molar-refractivity contribution in [3.63, 3.8) is 0 Å². The van der Waals surface area contributed by atoms with E-state index >= 15 is 0 Å². The number of hydrogen-bond acceptors (Lipinski definition) is 5. The lowest BCUT2D eigenvalue weighted by molar-refractivity contribution is -0.139. The standard InChI is InChI=1S/C18H27N3O4.ClH/c1-12(11-19-2)17(22)20(3)16-6-7-21(18(16)23)13-8-14(24-4)10-15(9-13)25-5;/h8-10,12,16,19H,6-7,11H2,1-5H3;1H. The number of rotatable bonds is 7. The van der Waals surface area contributed by atoms with Crippen LogP contribution in [-0.2, 0) is 9.59 Å². The van der Waals surface area contributed by atoms with Crippen LogP contribution in [0.25, 0.3) is 0 Å². The van der Waals surface area contributed by atoms with Gasteiger partial charge in [-0.05, 0) is 13.5 Å². The number of amides is 2. The van der Waals surface area contributed by atoms with Gasteiger partial charge in [-0.3, -0.25) is 9.59 Å². The summed E-state index contributed by atoms with van der Waals surface area (Å²) in [5, 5.41) is 2.99. The Morgan fingerprint density at radius 1 is 1.31 bits per heavy atom. The normalized spacial score (nSPS) is 17.5. The summed E-state index contributed by atoms with van der Waals surface area (Å²) in [5.74, 6) is 0.963. The van der Waals surface area contributed by atoms with Gasteiger partial charge in [-0.25, -0.2) is 0 Å². The van der Waals surface area contributed by atoms with Gasteiger partial charge in [0.05, 0.1) is 19.9 Å². The Hall–Kier alpha value is -1.99. The molecule has 1 saturated heterocycles. The highest BCUT2D eigenvalue weighted by molar-refractivity contribution is 6.01. The Labute approximate surface area is 161 Å². The van der Waals surface area contributed by atoms with E-state index in [2.05, 4.69) is 5.32 Å². The molecule has 0 aliphatic carbocycles. The molecular weight excluding hydrogens is 358 g/mol. The maximum atomic E-state index is 12.9. The van der Waals surface area contributed by atoms with E-state index in [1.54, 1.807) is 49.3 Å². The minimum Gasteiger partial charge on any atom is -0.497 e. The monoisotopic (exact) mass is 385 g/mol. The summed E-state index contributed by atoms with van der Waals surface area (Å²) in [5.41, 5.74) is 0.716. The van der Waals surface area contributed by atoms with E-state index in [0.29, 0.717) is 36.7 Å². The first kappa shape index (κ1) is 22.1. The molecule has 146 valence electrons. The maximum Gasteiger partial charge on any atom is 0.249 e. The predicted molar refractivity (Wildman–Crippen MR) is 103 cm³/mol. The van der Waals surface area contributed by atoms with E-state index < -0.39 is 6.04 Å². The van der Waals surface area contributed by atoms with Gasteiger partial charge in [0.1, 0.15) is 17.5 Å². The molecule has 0 bridgehead atoms. The van der Waals surface area contributed by atoms with Gasteiger partial charge in [0, 0.05) is 44.3 Å². The average molecular weight is 386 g/mol. The number of hydrogen-bond donors (Lipinski definition) is 1. The van der Waals surface area contributed by atoms with Crippen LogP contribution in [0, 0.1) is 5.92 Å². The smallest absolute Gasteiger partial charge is 0.249 e. The molecule has 0 radical (unpaired) electrons. The fourth-order valence-corrected chi connectivity index (χ4v) is 3.12. The van der Waals surface area contributed by atoms with Crippen LogP contribution in [0.4, 0.5) is 5.69 Å². The molecule has 2 atom stereocenters. The van der Waals surface area contributed by atoms with Gasteiger partial charge in [0.2, 0.25) is 11.8 Å². The molecule has 1 N–H and O–H groups in total. The Morgan fingerprint density at radius 2 is 1.88 bits per heavy atom. The molecule has 0 aromatic heterocycles. The molecular formula is C18H28ClN3O4. The molecule has 7 nitrogen and oxygen atoms in total. The van der Waals surface area contributed by atoms with Crippen LogP contribution in [0.3, 0.4) is 0 Å². The van der Waals surface area contributed by atoms with Crippen molar-refractivity contribution in [3.8, 4) is 11.5 Å². The number of methoxy groups -OCH3 is 2. The number of carbonyl (C=O) groups is 2. The molecule has 8 heteroatoms. The molecule has 1 aliphatic rings. The summed E-state index contributed by atoms with van der Waals surface area (Å²) >= 11 is 0. The zero-order valence-electron chi connectivity index (χ0n) is 15.9. The number of ether oxygens (including phenoxy) is 2. The largest absolute Gasteiger partial charge is 0.497 e. The third kappa shape index (κ3) is 4.59. The summed E-state index contributed by atoms with van der Waals surface area (Å²) in [6.45, 7) is 3.00. The summed E-state index contributed by atoms with van der Waals surface area (Å²) < 4.78 is 10.5. The van der Waals surface area contributed by atoms with Gasteiger partial charge >= 0.3 is 0 Å². The van der Waals surface area contributed by atoms with Crippen LogP contribution in [0.1, 0.15) is 13.3 Å². The molecule has 0 spiro atoms. The lowest BCUT2D eigenvalue weighted by Crippen LogP contribution is -2.46. The highest BCUT2D eigenvalue weighted by atomic mass is 35.5. The molecule has 2 rings (SSSR count). The first-order valence-electron chi connectivity index (χ1n) is 8.38. The lowest BCUT2D eigenvalue weighted by Gasteiger charge is -2.26. The number of anilines is 1. The summed E-state index contributed by atoms with van der Waals surface area (Å²) in [6, 6.07) is 4.92. The van der Waals surface area contributed by atoms with Crippen molar-refractivity contribution < 1.29 is 19.1 Å². The first-order chi connectivity index (χ1) is 11.9. The van der Waals surface area contributed by atoms with Crippen LogP contribution >= 0.6 is 12.4 Å². The molecule has 1 heterocycles. The average Bonchev–Trinajstić information content (AvgIpc) is 3.01. The van der Waals surface area contributed by atoms with Gasteiger partial charge in [-0.15, -0.1) is 12.4 Å².